The van der Waals surface area contributed by atoms with Gasteiger partial charge in [-0.1, -0.05) is 30.7 Å². The highest BCUT2D eigenvalue weighted by Gasteiger charge is 2.11. The Kier molecular flexibility index (Phi) is 5.62. The van der Waals surface area contributed by atoms with Crippen molar-refractivity contribution in [3.05, 3.63) is 59.4 Å². The van der Waals surface area contributed by atoms with Crippen LogP contribution in [0.25, 0.3) is 0 Å². The van der Waals surface area contributed by atoms with E-state index in [9.17, 15) is 0 Å². The molecule has 0 saturated heterocycles. The Morgan fingerprint density at radius 1 is 1.10 bits per heavy atom. The van der Waals surface area contributed by atoms with Crippen LogP contribution in [0, 0.1) is 13.8 Å². The Morgan fingerprint density at radius 2 is 1.85 bits per heavy atom. The Labute approximate surface area is 126 Å². The van der Waals surface area contributed by atoms with Gasteiger partial charge in [-0.15, -0.1) is 11.8 Å². The summed E-state index contributed by atoms with van der Waals surface area (Å²) in [5.74, 6) is 1.02. The second kappa shape index (κ2) is 7.46. The monoisotopic (exact) mass is 286 g/mol. The molecule has 2 rings (SSSR count). The van der Waals surface area contributed by atoms with E-state index in [2.05, 4.69) is 60.5 Å². The molecule has 2 aromatic rings. The van der Waals surface area contributed by atoms with Crippen LogP contribution < -0.4 is 5.32 Å². The van der Waals surface area contributed by atoms with E-state index in [1.54, 1.807) is 0 Å². The summed E-state index contributed by atoms with van der Waals surface area (Å²) in [6.07, 6.45) is 1.98. The number of aryl methyl sites for hydroxylation is 2. The van der Waals surface area contributed by atoms with Crippen LogP contribution in [0.15, 0.2) is 47.5 Å². The number of aromatic nitrogens is 1. The minimum absolute atomic E-state index is 0.347. The predicted molar refractivity (Wildman–Crippen MR) is 87.3 cm³/mol. The van der Waals surface area contributed by atoms with Crippen LogP contribution >= 0.6 is 11.8 Å². The topological polar surface area (TPSA) is 24.9 Å². The SMILES string of the molecule is CCNC(CSc1ccc(C)cc1)c1ccc(C)nc1. The van der Waals surface area contributed by atoms with Gasteiger partial charge in [-0.3, -0.25) is 4.98 Å². The molecule has 0 bridgehead atoms. The standard InChI is InChI=1S/C17H22N2S/c1-4-18-17(15-8-7-14(3)19-11-15)12-20-16-9-5-13(2)6-10-16/h5-11,17-18H,4,12H2,1-3H3. The van der Waals surface area contributed by atoms with Crippen molar-refractivity contribution in [3.63, 3.8) is 0 Å². The summed E-state index contributed by atoms with van der Waals surface area (Å²) in [5.41, 5.74) is 3.63. The first kappa shape index (κ1) is 15.1. The first-order chi connectivity index (χ1) is 9.69. The molecule has 0 spiro atoms. The van der Waals surface area contributed by atoms with Gasteiger partial charge in [0.05, 0.1) is 0 Å². The predicted octanol–water partition coefficient (Wildman–Crippen LogP) is 4.14. The molecule has 0 aliphatic heterocycles. The summed E-state index contributed by atoms with van der Waals surface area (Å²) in [7, 11) is 0. The van der Waals surface area contributed by atoms with E-state index in [1.165, 1.54) is 16.0 Å². The van der Waals surface area contributed by atoms with Crippen molar-refractivity contribution in [2.75, 3.05) is 12.3 Å². The fourth-order valence-corrected chi connectivity index (χ4v) is 3.02. The molecular weight excluding hydrogens is 264 g/mol. The second-order valence-electron chi connectivity index (χ2n) is 4.97. The Balaban J connectivity index is 2.02. The number of pyridine rings is 1. The summed E-state index contributed by atoms with van der Waals surface area (Å²) >= 11 is 1.89. The maximum atomic E-state index is 4.40. The molecule has 1 aromatic heterocycles. The lowest BCUT2D eigenvalue weighted by Crippen LogP contribution is -2.23. The lowest BCUT2D eigenvalue weighted by Gasteiger charge is -2.18. The van der Waals surface area contributed by atoms with Gasteiger partial charge in [0.2, 0.25) is 0 Å². The van der Waals surface area contributed by atoms with Gasteiger partial charge in [0, 0.05) is 28.6 Å². The molecule has 20 heavy (non-hydrogen) atoms. The van der Waals surface area contributed by atoms with Gasteiger partial charge in [0.1, 0.15) is 0 Å². The van der Waals surface area contributed by atoms with Crippen LogP contribution in [0.4, 0.5) is 0 Å². The molecular formula is C17H22N2S. The highest BCUT2D eigenvalue weighted by Crippen LogP contribution is 2.24. The molecule has 0 saturated carbocycles. The lowest BCUT2D eigenvalue weighted by atomic mass is 10.1. The molecule has 0 fully saturated rings. The van der Waals surface area contributed by atoms with Gasteiger partial charge in [0.15, 0.2) is 0 Å². The largest absolute Gasteiger partial charge is 0.309 e. The zero-order valence-electron chi connectivity index (χ0n) is 12.4. The molecule has 0 radical (unpaired) electrons. The van der Waals surface area contributed by atoms with Crippen LogP contribution in [0.1, 0.15) is 29.8 Å². The van der Waals surface area contributed by atoms with Gasteiger partial charge in [0.25, 0.3) is 0 Å². The van der Waals surface area contributed by atoms with Crippen molar-refractivity contribution in [2.45, 2.75) is 31.7 Å². The average Bonchev–Trinajstić information content (AvgIpc) is 2.46. The maximum Gasteiger partial charge on any atom is 0.0430 e. The fraction of sp³-hybridized carbons (Fsp3) is 0.353. The van der Waals surface area contributed by atoms with Crippen LogP contribution in [0.3, 0.4) is 0 Å². The quantitative estimate of drug-likeness (QED) is 0.808. The van der Waals surface area contributed by atoms with Crippen molar-refractivity contribution in [3.8, 4) is 0 Å². The molecule has 0 amide bonds. The molecule has 1 unspecified atom stereocenters. The Hall–Kier alpha value is -1.32. The third-order valence-corrected chi connectivity index (χ3v) is 4.33. The summed E-state index contributed by atoms with van der Waals surface area (Å²) < 4.78 is 0. The number of rotatable bonds is 6. The van der Waals surface area contributed by atoms with Crippen molar-refractivity contribution < 1.29 is 0 Å². The van der Waals surface area contributed by atoms with E-state index >= 15 is 0 Å². The Bertz CT molecular complexity index is 520. The van der Waals surface area contributed by atoms with E-state index in [1.807, 2.05) is 24.9 Å². The first-order valence-corrected chi connectivity index (χ1v) is 8.03. The summed E-state index contributed by atoms with van der Waals surface area (Å²) in [5, 5.41) is 3.54. The van der Waals surface area contributed by atoms with Crippen molar-refractivity contribution in [1.82, 2.24) is 10.3 Å². The van der Waals surface area contributed by atoms with Gasteiger partial charge >= 0.3 is 0 Å². The molecule has 1 aromatic carbocycles. The molecule has 106 valence electrons. The third kappa shape index (κ3) is 4.36. The van der Waals surface area contributed by atoms with Crippen LogP contribution in [-0.4, -0.2) is 17.3 Å². The highest BCUT2D eigenvalue weighted by molar-refractivity contribution is 7.99. The van der Waals surface area contributed by atoms with Gasteiger partial charge < -0.3 is 5.32 Å². The zero-order valence-corrected chi connectivity index (χ0v) is 13.2. The summed E-state index contributed by atoms with van der Waals surface area (Å²) in [6, 6.07) is 13.3. The number of hydrogen-bond acceptors (Lipinski definition) is 3. The number of nitrogens with zero attached hydrogens (tertiary/aromatic N) is 1. The molecule has 2 nitrogen and oxygen atoms in total. The number of hydrogen-bond donors (Lipinski definition) is 1. The minimum Gasteiger partial charge on any atom is -0.309 e. The highest BCUT2D eigenvalue weighted by atomic mass is 32.2. The van der Waals surface area contributed by atoms with Crippen LogP contribution in [-0.2, 0) is 0 Å². The molecule has 1 N–H and O–H groups in total. The van der Waals surface area contributed by atoms with E-state index in [-0.39, 0.29) is 0 Å². The van der Waals surface area contributed by atoms with E-state index in [0.29, 0.717) is 6.04 Å². The molecule has 0 aliphatic carbocycles. The van der Waals surface area contributed by atoms with E-state index in [0.717, 1.165) is 18.0 Å². The van der Waals surface area contributed by atoms with Crippen molar-refractivity contribution in [2.24, 2.45) is 0 Å². The summed E-state index contributed by atoms with van der Waals surface area (Å²) in [4.78, 5) is 5.72. The van der Waals surface area contributed by atoms with Crippen LogP contribution in [0.5, 0.6) is 0 Å². The average molecular weight is 286 g/mol. The maximum absolute atomic E-state index is 4.40. The first-order valence-electron chi connectivity index (χ1n) is 7.04. The molecule has 1 atom stereocenters. The molecule has 3 heteroatoms. The van der Waals surface area contributed by atoms with Gasteiger partial charge in [-0.25, -0.2) is 0 Å². The third-order valence-electron chi connectivity index (χ3n) is 3.22. The number of thioether (sulfide) groups is 1. The van der Waals surface area contributed by atoms with Gasteiger partial charge in [-0.2, -0.15) is 0 Å². The molecule has 0 aliphatic rings. The second-order valence-corrected chi connectivity index (χ2v) is 6.06. The number of benzene rings is 1. The van der Waals surface area contributed by atoms with Crippen molar-refractivity contribution in [1.29, 1.82) is 0 Å². The Morgan fingerprint density at radius 3 is 2.45 bits per heavy atom. The lowest BCUT2D eigenvalue weighted by molar-refractivity contribution is 0.603. The van der Waals surface area contributed by atoms with Crippen molar-refractivity contribution >= 4 is 11.8 Å². The normalized spacial score (nSPS) is 12.3. The molecule has 1 heterocycles. The van der Waals surface area contributed by atoms with Gasteiger partial charge in [-0.05, 0) is 44.2 Å². The van der Waals surface area contributed by atoms with E-state index in [4.69, 9.17) is 0 Å². The number of nitrogens with one attached hydrogen (secondary N) is 1. The van der Waals surface area contributed by atoms with E-state index < -0.39 is 0 Å². The summed E-state index contributed by atoms with van der Waals surface area (Å²) in [6.45, 7) is 7.25. The minimum atomic E-state index is 0.347. The zero-order chi connectivity index (χ0) is 14.4. The van der Waals surface area contributed by atoms with Crippen LogP contribution in [0.2, 0.25) is 0 Å². The fourth-order valence-electron chi connectivity index (χ4n) is 2.02. The smallest absolute Gasteiger partial charge is 0.0430 e.